The lowest BCUT2D eigenvalue weighted by Gasteiger charge is -2.33. The van der Waals surface area contributed by atoms with Crippen LogP contribution in [0.3, 0.4) is 0 Å². The number of hydrogen-bond donors (Lipinski definition) is 1. The van der Waals surface area contributed by atoms with E-state index >= 15 is 0 Å². The summed E-state index contributed by atoms with van der Waals surface area (Å²) in [4.78, 5) is 0. The van der Waals surface area contributed by atoms with Gasteiger partial charge >= 0.3 is 0 Å². The van der Waals surface area contributed by atoms with Crippen molar-refractivity contribution in [1.82, 2.24) is 0 Å². The molecule has 0 bridgehead atoms. The highest BCUT2D eigenvalue weighted by molar-refractivity contribution is 5.33. The van der Waals surface area contributed by atoms with Gasteiger partial charge < -0.3 is 5.11 Å². The summed E-state index contributed by atoms with van der Waals surface area (Å²) in [5.74, 6) is 0. The van der Waals surface area contributed by atoms with Gasteiger partial charge in [-0.3, -0.25) is 0 Å². The van der Waals surface area contributed by atoms with Crippen molar-refractivity contribution in [3.63, 3.8) is 0 Å². The Morgan fingerprint density at radius 1 is 1.05 bits per heavy atom. The lowest BCUT2D eigenvalue weighted by atomic mass is 9.71. The lowest BCUT2D eigenvalue weighted by molar-refractivity contribution is 0.0434. The predicted molar refractivity (Wildman–Crippen MR) is 81.2 cm³/mol. The van der Waals surface area contributed by atoms with Gasteiger partial charge in [-0.1, -0.05) is 50.3 Å². The summed E-state index contributed by atoms with van der Waals surface area (Å²) in [5.41, 5.74) is 2.71. The molecule has 108 valence electrons. The standard InChI is InChI=1S/C18H25NO/c1-14-8-9-16(12-15(14)2)17(20)18(13-19)10-6-4-3-5-7-11-18/h8-9,12,17,20H,3-7,10-11H2,1-2H3. The quantitative estimate of drug-likeness (QED) is 0.855. The van der Waals surface area contributed by atoms with Gasteiger partial charge in [-0.15, -0.1) is 0 Å². The summed E-state index contributed by atoms with van der Waals surface area (Å²) >= 11 is 0. The monoisotopic (exact) mass is 271 g/mol. The molecule has 1 aliphatic carbocycles. The third-order valence-corrected chi connectivity index (χ3v) is 4.84. The predicted octanol–water partition coefficient (Wildman–Crippen LogP) is 4.59. The summed E-state index contributed by atoms with van der Waals surface area (Å²) in [6.45, 7) is 4.13. The van der Waals surface area contributed by atoms with E-state index in [1.807, 2.05) is 18.2 Å². The molecule has 0 radical (unpaired) electrons. The van der Waals surface area contributed by atoms with Crippen LogP contribution in [0.15, 0.2) is 18.2 Å². The first-order valence-electron chi connectivity index (χ1n) is 7.75. The summed E-state index contributed by atoms with van der Waals surface area (Å²) < 4.78 is 0. The Labute approximate surface area is 122 Å². The largest absolute Gasteiger partial charge is 0.387 e. The van der Waals surface area contributed by atoms with E-state index in [-0.39, 0.29) is 0 Å². The summed E-state index contributed by atoms with van der Waals surface area (Å²) in [5, 5.41) is 20.5. The molecule has 2 rings (SSSR count). The first-order chi connectivity index (χ1) is 9.59. The van der Waals surface area contributed by atoms with E-state index in [0.717, 1.165) is 31.2 Å². The first-order valence-corrected chi connectivity index (χ1v) is 7.75. The van der Waals surface area contributed by atoms with Crippen LogP contribution in [0.1, 0.15) is 67.7 Å². The van der Waals surface area contributed by atoms with Crippen LogP contribution in [0.4, 0.5) is 0 Å². The van der Waals surface area contributed by atoms with Crippen LogP contribution in [0, 0.1) is 30.6 Å². The highest BCUT2D eigenvalue weighted by Crippen LogP contribution is 2.44. The second-order valence-electron chi connectivity index (χ2n) is 6.28. The van der Waals surface area contributed by atoms with Crippen LogP contribution < -0.4 is 0 Å². The number of benzene rings is 1. The Hall–Kier alpha value is -1.33. The maximum absolute atomic E-state index is 10.8. The van der Waals surface area contributed by atoms with Crippen LogP contribution in [-0.2, 0) is 0 Å². The number of rotatable bonds is 2. The fourth-order valence-electron chi connectivity index (χ4n) is 3.24. The van der Waals surface area contributed by atoms with Gasteiger partial charge in [-0.05, 0) is 43.4 Å². The Balaban J connectivity index is 2.28. The highest BCUT2D eigenvalue weighted by Gasteiger charge is 2.38. The van der Waals surface area contributed by atoms with Crippen LogP contribution in [0.25, 0.3) is 0 Å². The second kappa shape index (κ2) is 6.41. The molecule has 20 heavy (non-hydrogen) atoms. The average Bonchev–Trinajstić information content (AvgIpc) is 2.42. The number of aryl methyl sites for hydroxylation is 2. The number of hydrogen-bond acceptors (Lipinski definition) is 2. The maximum atomic E-state index is 10.8. The molecule has 1 N–H and O–H groups in total. The molecule has 0 aliphatic heterocycles. The Bertz CT molecular complexity index is 493. The molecule has 0 aromatic heterocycles. The zero-order chi connectivity index (χ0) is 14.6. The Kier molecular flexibility index (Phi) is 4.83. The molecule has 1 aliphatic rings. The summed E-state index contributed by atoms with van der Waals surface area (Å²) in [7, 11) is 0. The van der Waals surface area contributed by atoms with E-state index in [9.17, 15) is 10.4 Å². The minimum atomic E-state index is -0.662. The number of nitrogens with zero attached hydrogens (tertiary/aromatic N) is 1. The summed E-state index contributed by atoms with van der Waals surface area (Å²) in [6.07, 6.45) is 6.71. The van der Waals surface area contributed by atoms with E-state index in [2.05, 4.69) is 19.9 Å². The van der Waals surface area contributed by atoms with Gasteiger partial charge in [0.1, 0.15) is 0 Å². The average molecular weight is 271 g/mol. The van der Waals surface area contributed by atoms with Crippen molar-refractivity contribution in [3.05, 3.63) is 34.9 Å². The fourth-order valence-corrected chi connectivity index (χ4v) is 3.24. The van der Waals surface area contributed by atoms with Crippen molar-refractivity contribution >= 4 is 0 Å². The number of nitriles is 1. The minimum absolute atomic E-state index is 0.595. The molecule has 1 unspecified atom stereocenters. The van der Waals surface area contributed by atoms with Gasteiger partial charge in [0.2, 0.25) is 0 Å². The molecule has 1 saturated carbocycles. The third-order valence-electron chi connectivity index (χ3n) is 4.84. The Morgan fingerprint density at radius 2 is 1.65 bits per heavy atom. The molecule has 1 atom stereocenters. The number of aliphatic hydroxyl groups excluding tert-OH is 1. The van der Waals surface area contributed by atoms with E-state index in [0.29, 0.717) is 0 Å². The zero-order valence-electron chi connectivity index (χ0n) is 12.7. The lowest BCUT2D eigenvalue weighted by Crippen LogP contribution is -2.28. The van der Waals surface area contributed by atoms with Crippen molar-refractivity contribution in [3.8, 4) is 6.07 Å². The molecule has 1 fully saturated rings. The zero-order valence-corrected chi connectivity index (χ0v) is 12.7. The van der Waals surface area contributed by atoms with E-state index < -0.39 is 11.5 Å². The van der Waals surface area contributed by atoms with E-state index in [4.69, 9.17) is 0 Å². The highest BCUT2D eigenvalue weighted by atomic mass is 16.3. The molecule has 0 spiro atoms. The molecule has 0 saturated heterocycles. The van der Waals surface area contributed by atoms with Crippen molar-refractivity contribution in [1.29, 1.82) is 5.26 Å². The van der Waals surface area contributed by atoms with Crippen molar-refractivity contribution in [2.45, 2.75) is 64.9 Å². The smallest absolute Gasteiger partial charge is 0.0976 e. The van der Waals surface area contributed by atoms with Gasteiger partial charge in [0, 0.05) is 0 Å². The molecule has 2 heteroatoms. The minimum Gasteiger partial charge on any atom is -0.387 e. The van der Waals surface area contributed by atoms with Crippen LogP contribution in [0.5, 0.6) is 0 Å². The van der Waals surface area contributed by atoms with Gasteiger partial charge in [0.25, 0.3) is 0 Å². The first kappa shape index (κ1) is 15.1. The van der Waals surface area contributed by atoms with Crippen LogP contribution in [0.2, 0.25) is 0 Å². The Morgan fingerprint density at radius 3 is 2.20 bits per heavy atom. The molecule has 0 heterocycles. The van der Waals surface area contributed by atoms with Crippen molar-refractivity contribution in [2.75, 3.05) is 0 Å². The summed E-state index contributed by atoms with van der Waals surface area (Å²) in [6, 6.07) is 8.53. The van der Waals surface area contributed by atoms with E-state index in [1.165, 1.54) is 30.4 Å². The van der Waals surface area contributed by atoms with Crippen molar-refractivity contribution < 1.29 is 5.11 Å². The maximum Gasteiger partial charge on any atom is 0.0976 e. The SMILES string of the molecule is Cc1ccc(C(O)C2(C#N)CCCCCCC2)cc1C. The topological polar surface area (TPSA) is 44.0 Å². The van der Waals surface area contributed by atoms with Gasteiger partial charge in [0.15, 0.2) is 0 Å². The fraction of sp³-hybridized carbons (Fsp3) is 0.611. The third kappa shape index (κ3) is 3.04. The van der Waals surface area contributed by atoms with Crippen LogP contribution in [-0.4, -0.2) is 5.11 Å². The van der Waals surface area contributed by atoms with Crippen molar-refractivity contribution in [2.24, 2.45) is 5.41 Å². The molecule has 1 aromatic carbocycles. The molecule has 0 amide bonds. The van der Waals surface area contributed by atoms with Gasteiger partial charge in [0.05, 0.1) is 17.6 Å². The molecular formula is C18H25NO. The number of aliphatic hydroxyl groups is 1. The van der Waals surface area contributed by atoms with Crippen LogP contribution >= 0.6 is 0 Å². The second-order valence-corrected chi connectivity index (χ2v) is 6.28. The molecular weight excluding hydrogens is 246 g/mol. The van der Waals surface area contributed by atoms with Gasteiger partial charge in [-0.25, -0.2) is 0 Å². The normalized spacial score (nSPS) is 20.5. The molecule has 1 aromatic rings. The van der Waals surface area contributed by atoms with E-state index in [1.54, 1.807) is 0 Å². The molecule has 2 nitrogen and oxygen atoms in total. The van der Waals surface area contributed by atoms with Gasteiger partial charge in [-0.2, -0.15) is 5.26 Å².